The molecule has 2 aliphatic heterocycles. The van der Waals surface area contributed by atoms with E-state index in [0.29, 0.717) is 12.5 Å². The van der Waals surface area contributed by atoms with E-state index in [9.17, 15) is 4.79 Å². The van der Waals surface area contributed by atoms with Crippen LogP contribution in [0.4, 0.5) is 5.69 Å². The van der Waals surface area contributed by atoms with Crippen molar-refractivity contribution in [1.82, 2.24) is 10.0 Å². The predicted molar refractivity (Wildman–Crippen MR) is 89.2 cm³/mol. The summed E-state index contributed by atoms with van der Waals surface area (Å²) in [4.78, 5) is 23.7. The van der Waals surface area contributed by atoms with Crippen LogP contribution < -0.4 is 4.90 Å². The molecule has 0 spiro atoms. The molecule has 1 saturated heterocycles. The second kappa shape index (κ2) is 5.81. The van der Waals surface area contributed by atoms with Crippen LogP contribution >= 0.6 is 0 Å². The molecule has 2 aromatic rings. The third-order valence-corrected chi connectivity index (χ3v) is 4.86. The summed E-state index contributed by atoms with van der Waals surface area (Å²) in [7, 11) is 0. The number of hydrogen-bond donors (Lipinski definition) is 0. The second-order valence-corrected chi connectivity index (χ2v) is 6.26. The molecule has 2 aliphatic rings. The Labute approximate surface area is 135 Å². The van der Waals surface area contributed by atoms with Crippen molar-refractivity contribution < 1.29 is 9.63 Å². The van der Waals surface area contributed by atoms with Crippen LogP contribution in [-0.4, -0.2) is 41.7 Å². The molecule has 0 bridgehead atoms. The average Bonchev–Trinajstić information content (AvgIpc) is 3.04. The molecule has 0 aliphatic carbocycles. The van der Waals surface area contributed by atoms with Crippen molar-refractivity contribution in [1.29, 1.82) is 0 Å². The van der Waals surface area contributed by atoms with E-state index in [1.54, 1.807) is 0 Å². The third kappa shape index (κ3) is 2.55. The summed E-state index contributed by atoms with van der Waals surface area (Å²) in [6.07, 6.45) is 6.40. The third-order valence-electron chi connectivity index (χ3n) is 4.86. The standard InChI is InChI=1S/C18H21N3O2/c1-2-17(22)23-20-8-7-15(12-20)21-9-6-14-11-19-10-13-4-3-5-16(21)18(13)14/h3-5,10-11,15H,2,6-9,12H2,1H3. The zero-order valence-electron chi connectivity index (χ0n) is 13.4. The molecule has 0 saturated carbocycles. The lowest BCUT2D eigenvalue weighted by Crippen LogP contribution is -2.41. The van der Waals surface area contributed by atoms with Crippen LogP contribution in [0.3, 0.4) is 0 Å². The first kappa shape index (κ1) is 14.5. The molecule has 3 heterocycles. The zero-order chi connectivity index (χ0) is 15.8. The number of carbonyl (C=O) groups excluding carboxylic acids is 1. The fourth-order valence-corrected chi connectivity index (χ4v) is 3.71. The Kier molecular flexibility index (Phi) is 3.65. The Morgan fingerprint density at radius 1 is 1.35 bits per heavy atom. The van der Waals surface area contributed by atoms with Gasteiger partial charge in [0, 0.05) is 54.4 Å². The molecule has 5 nitrogen and oxygen atoms in total. The predicted octanol–water partition coefficient (Wildman–Crippen LogP) is 2.54. The molecule has 1 fully saturated rings. The van der Waals surface area contributed by atoms with Crippen molar-refractivity contribution in [3.05, 3.63) is 36.2 Å². The summed E-state index contributed by atoms with van der Waals surface area (Å²) in [5.74, 6) is -0.150. The highest BCUT2D eigenvalue weighted by molar-refractivity contribution is 5.97. The summed E-state index contributed by atoms with van der Waals surface area (Å²) in [5, 5.41) is 4.35. The number of nitrogens with zero attached hydrogens (tertiary/aromatic N) is 3. The van der Waals surface area contributed by atoms with Crippen LogP contribution in [0.2, 0.25) is 0 Å². The molecule has 1 atom stereocenters. The van der Waals surface area contributed by atoms with Crippen molar-refractivity contribution in [2.75, 3.05) is 24.5 Å². The molecular formula is C18H21N3O2. The van der Waals surface area contributed by atoms with E-state index in [-0.39, 0.29) is 5.97 Å². The minimum Gasteiger partial charge on any atom is -0.368 e. The van der Waals surface area contributed by atoms with Gasteiger partial charge in [-0.1, -0.05) is 19.1 Å². The number of hydrogen-bond acceptors (Lipinski definition) is 5. The summed E-state index contributed by atoms with van der Waals surface area (Å²) in [6.45, 7) is 4.42. The van der Waals surface area contributed by atoms with Gasteiger partial charge in [0.05, 0.1) is 6.54 Å². The largest absolute Gasteiger partial charge is 0.368 e. The minimum absolute atomic E-state index is 0.150. The number of rotatable bonds is 3. The number of carbonyl (C=O) groups is 1. The summed E-state index contributed by atoms with van der Waals surface area (Å²) in [6, 6.07) is 6.83. The van der Waals surface area contributed by atoms with Crippen LogP contribution in [0.15, 0.2) is 30.6 Å². The number of anilines is 1. The Morgan fingerprint density at radius 3 is 3.13 bits per heavy atom. The van der Waals surface area contributed by atoms with Gasteiger partial charge in [-0.3, -0.25) is 9.78 Å². The lowest BCUT2D eigenvalue weighted by Gasteiger charge is -2.35. The van der Waals surface area contributed by atoms with Crippen LogP contribution in [0.25, 0.3) is 10.8 Å². The first-order chi connectivity index (χ1) is 11.3. The van der Waals surface area contributed by atoms with Crippen molar-refractivity contribution in [2.24, 2.45) is 0 Å². The highest BCUT2D eigenvalue weighted by Gasteiger charge is 2.32. The van der Waals surface area contributed by atoms with E-state index in [1.165, 1.54) is 22.0 Å². The molecule has 4 rings (SSSR count). The molecule has 1 aromatic carbocycles. The fraction of sp³-hybridized carbons (Fsp3) is 0.444. The lowest BCUT2D eigenvalue weighted by atomic mass is 9.97. The van der Waals surface area contributed by atoms with E-state index in [1.807, 2.05) is 24.4 Å². The Balaban J connectivity index is 1.60. The normalized spacial score (nSPS) is 20.9. The van der Waals surface area contributed by atoms with E-state index < -0.39 is 0 Å². The van der Waals surface area contributed by atoms with Gasteiger partial charge in [0.25, 0.3) is 0 Å². The van der Waals surface area contributed by atoms with Crippen molar-refractivity contribution in [3.8, 4) is 0 Å². The Morgan fingerprint density at radius 2 is 2.26 bits per heavy atom. The van der Waals surface area contributed by atoms with E-state index in [0.717, 1.165) is 32.5 Å². The molecule has 1 unspecified atom stereocenters. The highest BCUT2D eigenvalue weighted by Crippen LogP contribution is 2.36. The topological polar surface area (TPSA) is 45.7 Å². The van der Waals surface area contributed by atoms with Crippen molar-refractivity contribution in [2.45, 2.75) is 32.2 Å². The van der Waals surface area contributed by atoms with Gasteiger partial charge < -0.3 is 9.74 Å². The van der Waals surface area contributed by atoms with Crippen LogP contribution in [0.1, 0.15) is 25.3 Å². The first-order valence-electron chi connectivity index (χ1n) is 8.34. The van der Waals surface area contributed by atoms with Gasteiger partial charge in [-0.25, -0.2) is 0 Å². The van der Waals surface area contributed by atoms with Crippen molar-refractivity contribution in [3.63, 3.8) is 0 Å². The quantitative estimate of drug-likeness (QED) is 0.871. The molecule has 0 amide bonds. The van der Waals surface area contributed by atoms with E-state index in [4.69, 9.17) is 4.84 Å². The van der Waals surface area contributed by atoms with Crippen LogP contribution in [-0.2, 0) is 16.1 Å². The average molecular weight is 311 g/mol. The molecule has 0 radical (unpaired) electrons. The molecule has 23 heavy (non-hydrogen) atoms. The SMILES string of the molecule is CCC(=O)ON1CCC(N2CCc3cncc4cccc2c34)C1. The summed E-state index contributed by atoms with van der Waals surface area (Å²) < 4.78 is 0. The Bertz CT molecular complexity index is 741. The molecule has 120 valence electrons. The second-order valence-electron chi connectivity index (χ2n) is 6.26. The van der Waals surface area contributed by atoms with Crippen molar-refractivity contribution >= 4 is 22.4 Å². The van der Waals surface area contributed by atoms with Gasteiger partial charge in [-0.2, -0.15) is 0 Å². The molecular weight excluding hydrogens is 290 g/mol. The number of pyridine rings is 1. The van der Waals surface area contributed by atoms with E-state index >= 15 is 0 Å². The van der Waals surface area contributed by atoms with E-state index in [2.05, 4.69) is 28.1 Å². The Hall–Kier alpha value is -2.14. The number of aromatic nitrogens is 1. The van der Waals surface area contributed by atoms with Crippen LogP contribution in [0, 0.1) is 0 Å². The van der Waals surface area contributed by atoms with Gasteiger partial charge >= 0.3 is 5.97 Å². The zero-order valence-corrected chi connectivity index (χ0v) is 13.4. The molecule has 1 aromatic heterocycles. The maximum Gasteiger partial charge on any atom is 0.324 e. The van der Waals surface area contributed by atoms with Gasteiger partial charge in [0.2, 0.25) is 0 Å². The fourth-order valence-electron chi connectivity index (χ4n) is 3.71. The van der Waals surface area contributed by atoms with Gasteiger partial charge in [-0.15, -0.1) is 5.06 Å². The summed E-state index contributed by atoms with van der Waals surface area (Å²) in [5.41, 5.74) is 2.63. The maximum absolute atomic E-state index is 11.5. The highest BCUT2D eigenvalue weighted by atomic mass is 16.7. The van der Waals surface area contributed by atoms with Crippen LogP contribution in [0.5, 0.6) is 0 Å². The smallest absolute Gasteiger partial charge is 0.324 e. The van der Waals surface area contributed by atoms with Gasteiger partial charge in [0.1, 0.15) is 0 Å². The molecule has 5 heteroatoms. The molecule has 0 N–H and O–H groups in total. The summed E-state index contributed by atoms with van der Waals surface area (Å²) >= 11 is 0. The first-order valence-corrected chi connectivity index (χ1v) is 8.34. The lowest BCUT2D eigenvalue weighted by molar-refractivity contribution is -0.185. The van der Waals surface area contributed by atoms with Gasteiger partial charge in [0.15, 0.2) is 0 Å². The number of hydroxylamine groups is 2. The maximum atomic E-state index is 11.5. The van der Waals surface area contributed by atoms with Gasteiger partial charge in [-0.05, 0) is 24.5 Å². The number of benzene rings is 1. The minimum atomic E-state index is -0.150. The monoisotopic (exact) mass is 311 g/mol.